The molecule has 144 valence electrons. The third kappa shape index (κ3) is 4.54. The Morgan fingerprint density at radius 1 is 1.07 bits per heavy atom. The molecule has 1 saturated heterocycles. The molecular formula is C21H24N6O. The number of carbonyl (C=O) groups is 1. The number of aromatic nitrogens is 4. The molecule has 28 heavy (non-hydrogen) atoms. The topological polar surface area (TPSA) is 75.9 Å². The zero-order chi connectivity index (χ0) is 19.2. The lowest BCUT2D eigenvalue weighted by Crippen LogP contribution is -2.39. The maximum Gasteiger partial charge on any atom is 0.255 e. The third-order valence-electron chi connectivity index (χ3n) is 5.09. The number of hydrogen-bond acceptors (Lipinski definition) is 5. The van der Waals surface area contributed by atoms with Gasteiger partial charge in [0.15, 0.2) is 0 Å². The monoisotopic (exact) mass is 376 g/mol. The van der Waals surface area contributed by atoms with Crippen LogP contribution in [0.25, 0.3) is 0 Å². The van der Waals surface area contributed by atoms with Gasteiger partial charge in [-0.3, -0.25) is 14.5 Å². The van der Waals surface area contributed by atoms with Crippen molar-refractivity contribution >= 4 is 11.7 Å². The van der Waals surface area contributed by atoms with Crippen molar-refractivity contribution in [3.05, 3.63) is 72.4 Å². The zero-order valence-corrected chi connectivity index (χ0v) is 15.7. The smallest absolute Gasteiger partial charge is 0.255 e. The summed E-state index contributed by atoms with van der Waals surface area (Å²) in [4.78, 5) is 23.3. The summed E-state index contributed by atoms with van der Waals surface area (Å²) in [7, 11) is 0. The number of rotatable bonds is 6. The summed E-state index contributed by atoms with van der Waals surface area (Å²) in [6.45, 7) is 3.09. The lowest BCUT2D eigenvalue weighted by Gasteiger charge is -2.32. The summed E-state index contributed by atoms with van der Waals surface area (Å²) >= 11 is 0. The van der Waals surface area contributed by atoms with Gasteiger partial charge in [0.2, 0.25) is 0 Å². The van der Waals surface area contributed by atoms with Crippen molar-refractivity contribution in [1.82, 2.24) is 24.6 Å². The number of anilines is 1. The predicted octanol–water partition coefficient (Wildman–Crippen LogP) is 2.84. The van der Waals surface area contributed by atoms with E-state index in [0.29, 0.717) is 18.0 Å². The molecule has 1 fully saturated rings. The van der Waals surface area contributed by atoms with E-state index in [1.165, 1.54) is 0 Å². The Bertz CT molecular complexity index is 871. The predicted molar refractivity (Wildman–Crippen MR) is 107 cm³/mol. The third-order valence-corrected chi connectivity index (χ3v) is 5.09. The zero-order valence-electron chi connectivity index (χ0n) is 15.7. The minimum atomic E-state index is 0.0568. The fraction of sp³-hybridized carbons (Fsp3) is 0.333. The van der Waals surface area contributed by atoms with E-state index in [0.717, 1.165) is 44.0 Å². The lowest BCUT2D eigenvalue weighted by molar-refractivity contribution is 0.0681. The van der Waals surface area contributed by atoms with Gasteiger partial charge < -0.3 is 10.2 Å². The Balaban J connectivity index is 1.28. The van der Waals surface area contributed by atoms with Crippen LogP contribution in [0, 0.1) is 5.92 Å². The van der Waals surface area contributed by atoms with Crippen LogP contribution in [0.1, 0.15) is 28.9 Å². The van der Waals surface area contributed by atoms with Crippen LogP contribution in [-0.4, -0.2) is 43.6 Å². The standard InChI is InChI=1S/C21H24N6O/c28-21(26-12-7-17(8-13-26)16-27-11-3-10-25-27)18-5-6-20(23-14-18)24-15-19-4-1-2-9-22-19/h1-6,9-11,14,17H,7-8,12-13,15-16H2,(H,23,24). The second-order valence-corrected chi connectivity index (χ2v) is 7.07. The molecule has 1 N–H and O–H groups in total. The van der Waals surface area contributed by atoms with Gasteiger partial charge in [-0.15, -0.1) is 0 Å². The molecule has 0 radical (unpaired) electrons. The molecule has 0 saturated carbocycles. The van der Waals surface area contributed by atoms with Crippen molar-refractivity contribution in [2.24, 2.45) is 5.92 Å². The molecule has 0 aliphatic carbocycles. The molecule has 1 aliphatic rings. The van der Waals surface area contributed by atoms with E-state index < -0.39 is 0 Å². The first kappa shape index (κ1) is 18.2. The van der Waals surface area contributed by atoms with Crippen LogP contribution >= 0.6 is 0 Å². The minimum Gasteiger partial charge on any atom is -0.364 e. The molecule has 1 aliphatic heterocycles. The quantitative estimate of drug-likeness (QED) is 0.716. The first-order valence-electron chi connectivity index (χ1n) is 9.64. The number of likely N-dealkylation sites (tertiary alicyclic amines) is 1. The van der Waals surface area contributed by atoms with E-state index >= 15 is 0 Å². The van der Waals surface area contributed by atoms with Crippen molar-refractivity contribution in [3.8, 4) is 0 Å². The fourth-order valence-corrected chi connectivity index (χ4v) is 3.48. The average Bonchev–Trinajstić information content (AvgIpc) is 3.26. The van der Waals surface area contributed by atoms with E-state index in [2.05, 4.69) is 20.4 Å². The van der Waals surface area contributed by atoms with Crippen LogP contribution in [0.4, 0.5) is 5.82 Å². The molecule has 7 heteroatoms. The molecule has 1 amide bonds. The van der Waals surface area contributed by atoms with Gasteiger partial charge in [0.1, 0.15) is 5.82 Å². The average molecular weight is 376 g/mol. The molecule has 0 atom stereocenters. The van der Waals surface area contributed by atoms with Gasteiger partial charge in [-0.05, 0) is 49.1 Å². The molecule has 0 aromatic carbocycles. The van der Waals surface area contributed by atoms with Crippen LogP contribution in [0.3, 0.4) is 0 Å². The molecule has 7 nitrogen and oxygen atoms in total. The van der Waals surface area contributed by atoms with Gasteiger partial charge in [-0.2, -0.15) is 5.10 Å². The summed E-state index contributed by atoms with van der Waals surface area (Å²) in [6, 6.07) is 11.4. The summed E-state index contributed by atoms with van der Waals surface area (Å²) in [5.41, 5.74) is 1.58. The number of nitrogens with one attached hydrogen (secondary N) is 1. The second kappa shape index (κ2) is 8.65. The van der Waals surface area contributed by atoms with Gasteiger partial charge in [-0.1, -0.05) is 6.07 Å². The van der Waals surface area contributed by atoms with Crippen LogP contribution in [0.5, 0.6) is 0 Å². The molecule has 0 unspecified atom stereocenters. The van der Waals surface area contributed by atoms with E-state index in [9.17, 15) is 4.79 Å². The number of piperidine rings is 1. The summed E-state index contributed by atoms with van der Waals surface area (Å²) in [6.07, 6.45) is 9.22. The van der Waals surface area contributed by atoms with Crippen molar-refractivity contribution in [2.75, 3.05) is 18.4 Å². The molecule has 4 heterocycles. The van der Waals surface area contributed by atoms with Crippen LogP contribution in [0.2, 0.25) is 0 Å². The second-order valence-electron chi connectivity index (χ2n) is 7.07. The number of carbonyl (C=O) groups excluding carboxylic acids is 1. The van der Waals surface area contributed by atoms with E-state index in [1.807, 2.05) is 52.2 Å². The SMILES string of the molecule is O=C(c1ccc(NCc2ccccn2)nc1)N1CCC(Cn2cccn2)CC1. The van der Waals surface area contributed by atoms with E-state index in [1.54, 1.807) is 18.6 Å². The highest BCUT2D eigenvalue weighted by molar-refractivity contribution is 5.94. The summed E-state index contributed by atoms with van der Waals surface area (Å²) < 4.78 is 1.97. The normalized spacial score (nSPS) is 14.8. The Hall–Kier alpha value is -3.22. The number of pyridine rings is 2. The molecule has 3 aromatic heterocycles. The summed E-state index contributed by atoms with van der Waals surface area (Å²) in [5, 5.41) is 7.50. The molecule has 4 rings (SSSR count). The molecule has 0 bridgehead atoms. The fourth-order valence-electron chi connectivity index (χ4n) is 3.48. The van der Waals surface area contributed by atoms with Gasteiger partial charge in [0.05, 0.1) is 17.8 Å². The van der Waals surface area contributed by atoms with Crippen LogP contribution < -0.4 is 5.32 Å². The molecular weight excluding hydrogens is 352 g/mol. The first-order valence-corrected chi connectivity index (χ1v) is 9.64. The van der Waals surface area contributed by atoms with E-state index in [4.69, 9.17) is 0 Å². The lowest BCUT2D eigenvalue weighted by atomic mass is 9.96. The Kier molecular flexibility index (Phi) is 5.61. The van der Waals surface area contributed by atoms with Crippen LogP contribution in [0.15, 0.2) is 61.2 Å². The number of amides is 1. The van der Waals surface area contributed by atoms with Crippen molar-refractivity contribution < 1.29 is 4.79 Å². The van der Waals surface area contributed by atoms with Crippen molar-refractivity contribution in [2.45, 2.75) is 25.9 Å². The number of hydrogen-bond donors (Lipinski definition) is 1. The van der Waals surface area contributed by atoms with E-state index in [-0.39, 0.29) is 5.91 Å². The summed E-state index contributed by atoms with van der Waals surface area (Å²) in [5.74, 6) is 1.36. The largest absolute Gasteiger partial charge is 0.364 e. The first-order chi connectivity index (χ1) is 13.8. The highest BCUT2D eigenvalue weighted by Crippen LogP contribution is 2.20. The maximum absolute atomic E-state index is 12.8. The van der Waals surface area contributed by atoms with Gasteiger partial charge in [-0.25, -0.2) is 4.98 Å². The molecule has 3 aromatic rings. The van der Waals surface area contributed by atoms with Gasteiger partial charge in [0, 0.05) is 44.4 Å². The minimum absolute atomic E-state index is 0.0568. The number of nitrogens with zero attached hydrogens (tertiary/aromatic N) is 5. The Labute approximate surface area is 164 Å². The Morgan fingerprint density at radius 3 is 2.64 bits per heavy atom. The highest BCUT2D eigenvalue weighted by atomic mass is 16.2. The molecule has 0 spiro atoms. The maximum atomic E-state index is 12.8. The van der Waals surface area contributed by atoms with Crippen molar-refractivity contribution in [3.63, 3.8) is 0 Å². The highest BCUT2D eigenvalue weighted by Gasteiger charge is 2.24. The Morgan fingerprint density at radius 2 is 1.96 bits per heavy atom. The van der Waals surface area contributed by atoms with Crippen LogP contribution in [-0.2, 0) is 13.1 Å². The van der Waals surface area contributed by atoms with Gasteiger partial charge in [0.25, 0.3) is 5.91 Å². The van der Waals surface area contributed by atoms with Gasteiger partial charge >= 0.3 is 0 Å². The van der Waals surface area contributed by atoms with Crippen molar-refractivity contribution in [1.29, 1.82) is 0 Å².